The van der Waals surface area contributed by atoms with E-state index in [0.29, 0.717) is 5.92 Å². The quantitative estimate of drug-likeness (QED) is 0.458. The van der Waals surface area contributed by atoms with Gasteiger partial charge in [-0.25, -0.2) is 0 Å². The molecule has 1 aliphatic rings. The first-order chi connectivity index (χ1) is 8.20. The predicted molar refractivity (Wildman–Crippen MR) is 63.9 cm³/mol. The molecule has 1 aromatic carbocycles. The highest BCUT2D eigenvalue weighted by Crippen LogP contribution is 2.35. The Morgan fingerprint density at radius 3 is 2.53 bits per heavy atom. The average molecular weight is 233 g/mol. The molecule has 1 aromatic rings. The first-order valence-corrected chi connectivity index (χ1v) is 5.90. The van der Waals surface area contributed by atoms with E-state index < -0.39 is 0 Å². The largest absolute Gasteiger partial charge is 0.303 e. The van der Waals surface area contributed by atoms with Gasteiger partial charge >= 0.3 is 0 Å². The van der Waals surface area contributed by atoms with Crippen LogP contribution in [0.5, 0.6) is 0 Å². The molecule has 0 unspecified atom stereocenters. The highest BCUT2D eigenvalue weighted by atomic mass is 16.6. The number of nitro groups is 1. The fourth-order valence-electron chi connectivity index (χ4n) is 2.48. The Labute approximate surface area is 99.8 Å². The molecule has 4 heteroatoms. The molecule has 90 valence electrons. The Balaban J connectivity index is 2.10. The van der Waals surface area contributed by atoms with Gasteiger partial charge in [-0.05, 0) is 37.2 Å². The number of carbonyl (C=O) groups is 1. The summed E-state index contributed by atoms with van der Waals surface area (Å²) < 4.78 is 0. The van der Waals surface area contributed by atoms with Crippen LogP contribution >= 0.6 is 0 Å². The third-order valence-corrected chi connectivity index (χ3v) is 3.52. The molecule has 0 N–H and O–H groups in total. The molecule has 1 saturated carbocycles. The Hall–Kier alpha value is -1.71. The molecule has 1 fully saturated rings. The van der Waals surface area contributed by atoms with E-state index in [1.807, 2.05) is 6.07 Å². The zero-order chi connectivity index (χ0) is 12.3. The van der Waals surface area contributed by atoms with E-state index in [1.165, 1.54) is 6.07 Å². The number of rotatable bonds is 3. The fraction of sp³-hybridized carbons (Fsp3) is 0.462. The molecule has 0 atom stereocenters. The van der Waals surface area contributed by atoms with E-state index in [4.69, 9.17) is 0 Å². The second kappa shape index (κ2) is 5.08. The minimum absolute atomic E-state index is 0.153. The second-order valence-corrected chi connectivity index (χ2v) is 4.60. The van der Waals surface area contributed by atoms with Crippen LogP contribution in [0.1, 0.15) is 37.2 Å². The van der Waals surface area contributed by atoms with Crippen molar-refractivity contribution in [3.05, 3.63) is 39.9 Å². The van der Waals surface area contributed by atoms with Crippen LogP contribution in [0.2, 0.25) is 0 Å². The van der Waals surface area contributed by atoms with Crippen molar-refractivity contribution in [2.75, 3.05) is 0 Å². The van der Waals surface area contributed by atoms with Gasteiger partial charge in [0.1, 0.15) is 6.29 Å². The van der Waals surface area contributed by atoms with Crippen molar-refractivity contribution >= 4 is 12.0 Å². The molecule has 0 radical (unpaired) electrons. The average Bonchev–Trinajstić information content (AvgIpc) is 2.39. The van der Waals surface area contributed by atoms with Crippen LogP contribution in [0.15, 0.2) is 24.3 Å². The van der Waals surface area contributed by atoms with Gasteiger partial charge in [0.2, 0.25) is 0 Å². The number of hydrogen-bond donors (Lipinski definition) is 0. The zero-order valence-corrected chi connectivity index (χ0v) is 9.54. The Morgan fingerprint density at radius 2 is 1.94 bits per heavy atom. The van der Waals surface area contributed by atoms with Crippen LogP contribution < -0.4 is 0 Å². The summed E-state index contributed by atoms with van der Waals surface area (Å²) in [6, 6.07) is 6.85. The Morgan fingerprint density at radius 1 is 1.24 bits per heavy atom. The van der Waals surface area contributed by atoms with Gasteiger partial charge in [-0.2, -0.15) is 0 Å². The lowest BCUT2D eigenvalue weighted by atomic mass is 9.79. The van der Waals surface area contributed by atoms with Crippen molar-refractivity contribution in [2.24, 2.45) is 5.92 Å². The SMILES string of the molecule is O=CC1CCC(c2cccc([N+](=O)[O-])c2)CC1. The minimum Gasteiger partial charge on any atom is -0.303 e. The number of nitrogens with zero attached hydrogens (tertiary/aromatic N) is 1. The van der Waals surface area contributed by atoms with Crippen molar-refractivity contribution in [3.63, 3.8) is 0 Å². The van der Waals surface area contributed by atoms with Crippen LogP contribution in [0.25, 0.3) is 0 Å². The van der Waals surface area contributed by atoms with Crippen LogP contribution in [-0.2, 0) is 4.79 Å². The fourth-order valence-corrected chi connectivity index (χ4v) is 2.48. The highest BCUT2D eigenvalue weighted by Gasteiger charge is 2.22. The smallest absolute Gasteiger partial charge is 0.269 e. The maximum absolute atomic E-state index is 10.7. The topological polar surface area (TPSA) is 60.2 Å². The monoisotopic (exact) mass is 233 g/mol. The summed E-state index contributed by atoms with van der Waals surface area (Å²) in [5.41, 5.74) is 1.18. The van der Waals surface area contributed by atoms with Gasteiger partial charge in [-0.1, -0.05) is 12.1 Å². The van der Waals surface area contributed by atoms with Gasteiger partial charge < -0.3 is 4.79 Å². The van der Waals surface area contributed by atoms with Crippen LogP contribution in [0, 0.1) is 16.0 Å². The molecule has 4 nitrogen and oxygen atoms in total. The summed E-state index contributed by atoms with van der Waals surface area (Å²) in [4.78, 5) is 21.0. The molecule has 0 saturated heterocycles. The lowest BCUT2D eigenvalue weighted by Gasteiger charge is -2.25. The van der Waals surface area contributed by atoms with Crippen molar-refractivity contribution in [1.29, 1.82) is 0 Å². The first-order valence-electron chi connectivity index (χ1n) is 5.90. The number of aldehydes is 1. The molecule has 2 rings (SSSR count). The lowest BCUT2D eigenvalue weighted by molar-refractivity contribution is -0.384. The second-order valence-electron chi connectivity index (χ2n) is 4.60. The first kappa shape index (κ1) is 11.8. The van der Waals surface area contributed by atoms with E-state index in [-0.39, 0.29) is 16.5 Å². The van der Waals surface area contributed by atoms with Gasteiger partial charge in [0.15, 0.2) is 0 Å². The van der Waals surface area contributed by atoms with Gasteiger partial charge in [0.25, 0.3) is 5.69 Å². The minimum atomic E-state index is -0.361. The summed E-state index contributed by atoms with van der Waals surface area (Å²) in [5, 5.41) is 10.7. The number of non-ortho nitro benzene ring substituents is 1. The van der Waals surface area contributed by atoms with E-state index >= 15 is 0 Å². The molecular formula is C13H15NO3. The normalized spacial score (nSPS) is 24.2. The Bertz CT molecular complexity index is 422. The van der Waals surface area contributed by atoms with Crippen molar-refractivity contribution in [3.8, 4) is 0 Å². The molecule has 0 bridgehead atoms. The third-order valence-electron chi connectivity index (χ3n) is 3.52. The van der Waals surface area contributed by atoms with Crippen molar-refractivity contribution in [1.82, 2.24) is 0 Å². The summed E-state index contributed by atoms with van der Waals surface area (Å²) in [5.74, 6) is 0.552. The summed E-state index contributed by atoms with van der Waals surface area (Å²) >= 11 is 0. The molecule has 17 heavy (non-hydrogen) atoms. The van der Waals surface area contributed by atoms with E-state index in [0.717, 1.165) is 37.5 Å². The number of nitro benzene ring substituents is 1. The summed E-state index contributed by atoms with van der Waals surface area (Å²) in [7, 11) is 0. The maximum Gasteiger partial charge on any atom is 0.269 e. The van der Waals surface area contributed by atoms with Crippen LogP contribution in [-0.4, -0.2) is 11.2 Å². The molecule has 0 heterocycles. The standard InChI is InChI=1S/C13H15NO3/c15-9-10-4-6-11(7-5-10)12-2-1-3-13(8-12)14(16)17/h1-3,8-11H,4-7H2. The predicted octanol–water partition coefficient (Wildman–Crippen LogP) is 3.07. The number of carbonyl (C=O) groups excluding carboxylic acids is 1. The number of hydrogen-bond acceptors (Lipinski definition) is 3. The van der Waals surface area contributed by atoms with Gasteiger partial charge in [-0.3, -0.25) is 10.1 Å². The third kappa shape index (κ3) is 2.70. The van der Waals surface area contributed by atoms with Crippen molar-refractivity contribution in [2.45, 2.75) is 31.6 Å². The molecular weight excluding hydrogens is 218 g/mol. The van der Waals surface area contributed by atoms with E-state index in [2.05, 4.69) is 0 Å². The molecule has 1 aliphatic carbocycles. The van der Waals surface area contributed by atoms with Crippen LogP contribution in [0.3, 0.4) is 0 Å². The van der Waals surface area contributed by atoms with Gasteiger partial charge in [0, 0.05) is 18.1 Å². The molecule has 0 amide bonds. The summed E-state index contributed by atoms with van der Waals surface area (Å²) in [6.45, 7) is 0. The highest BCUT2D eigenvalue weighted by molar-refractivity contribution is 5.53. The van der Waals surface area contributed by atoms with E-state index in [9.17, 15) is 14.9 Å². The maximum atomic E-state index is 10.7. The van der Waals surface area contributed by atoms with Crippen LogP contribution in [0.4, 0.5) is 5.69 Å². The zero-order valence-electron chi connectivity index (χ0n) is 9.54. The lowest BCUT2D eigenvalue weighted by Crippen LogP contribution is -2.14. The van der Waals surface area contributed by atoms with Gasteiger partial charge in [-0.15, -0.1) is 0 Å². The van der Waals surface area contributed by atoms with Gasteiger partial charge in [0.05, 0.1) is 4.92 Å². The molecule has 0 aromatic heterocycles. The number of benzene rings is 1. The van der Waals surface area contributed by atoms with Crippen molar-refractivity contribution < 1.29 is 9.72 Å². The Kier molecular flexibility index (Phi) is 3.52. The molecule has 0 spiro atoms. The summed E-state index contributed by atoms with van der Waals surface area (Å²) in [6.07, 6.45) is 4.73. The van der Waals surface area contributed by atoms with E-state index in [1.54, 1.807) is 12.1 Å². The molecule has 0 aliphatic heterocycles.